The van der Waals surface area contributed by atoms with E-state index in [0.717, 1.165) is 11.8 Å². The zero-order chi connectivity index (χ0) is 12.3. The van der Waals surface area contributed by atoms with Crippen molar-refractivity contribution in [1.82, 2.24) is 0 Å². The quantitative estimate of drug-likeness (QED) is 0.514. The molecule has 3 rings (SSSR count). The van der Waals surface area contributed by atoms with Crippen LogP contribution in [-0.2, 0) is 9.53 Å². The SMILES string of the molecule is CC(=O)O[C@H]1C=C[C@]23CC[C@@H](C)[C@@H]2CC[C@@]13C. The number of carbonyl (C=O) groups is 1. The molecule has 0 bridgehead atoms. The van der Waals surface area contributed by atoms with Crippen molar-refractivity contribution in [3.8, 4) is 0 Å². The van der Waals surface area contributed by atoms with Crippen LogP contribution in [0.25, 0.3) is 0 Å². The molecule has 0 aliphatic heterocycles. The number of hydrogen-bond donors (Lipinski definition) is 0. The molecule has 0 heterocycles. The zero-order valence-corrected chi connectivity index (χ0v) is 11.0. The van der Waals surface area contributed by atoms with Crippen molar-refractivity contribution in [1.29, 1.82) is 0 Å². The predicted molar refractivity (Wildman–Crippen MR) is 66.4 cm³/mol. The van der Waals surface area contributed by atoms with E-state index < -0.39 is 0 Å². The molecular weight excluding hydrogens is 212 g/mol. The van der Waals surface area contributed by atoms with Crippen molar-refractivity contribution < 1.29 is 9.53 Å². The van der Waals surface area contributed by atoms with Gasteiger partial charge in [-0.3, -0.25) is 4.79 Å². The van der Waals surface area contributed by atoms with Crippen LogP contribution in [0.3, 0.4) is 0 Å². The Kier molecular flexibility index (Phi) is 2.24. The summed E-state index contributed by atoms with van der Waals surface area (Å²) in [6, 6.07) is 0. The van der Waals surface area contributed by atoms with Gasteiger partial charge in [-0.25, -0.2) is 0 Å². The second kappa shape index (κ2) is 3.37. The Morgan fingerprint density at radius 3 is 2.82 bits per heavy atom. The maximum Gasteiger partial charge on any atom is 0.303 e. The minimum atomic E-state index is -0.146. The fourth-order valence-electron chi connectivity index (χ4n) is 4.92. The molecule has 94 valence electrons. The smallest absolute Gasteiger partial charge is 0.303 e. The third-order valence-corrected chi connectivity index (χ3v) is 5.89. The summed E-state index contributed by atoms with van der Waals surface area (Å²) in [6.07, 6.45) is 9.68. The highest BCUT2D eigenvalue weighted by Crippen LogP contribution is 2.70. The van der Waals surface area contributed by atoms with E-state index in [1.807, 2.05) is 0 Å². The Hall–Kier alpha value is -0.790. The molecule has 5 atom stereocenters. The summed E-state index contributed by atoms with van der Waals surface area (Å²) in [7, 11) is 0. The molecule has 2 fully saturated rings. The summed E-state index contributed by atoms with van der Waals surface area (Å²) < 4.78 is 5.54. The molecule has 17 heavy (non-hydrogen) atoms. The Labute approximate surface area is 103 Å². The molecule has 0 amide bonds. The number of hydrogen-bond acceptors (Lipinski definition) is 2. The number of ether oxygens (including phenoxy) is 1. The van der Waals surface area contributed by atoms with Gasteiger partial charge in [0.2, 0.25) is 0 Å². The van der Waals surface area contributed by atoms with Gasteiger partial charge in [-0.15, -0.1) is 0 Å². The molecule has 2 saturated carbocycles. The second-order valence-electron chi connectivity index (χ2n) is 6.51. The van der Waals surface area contributed by atoms with E-state index in [-0.39, 0.29) is 17.5 Å². The lowest BCUT2D eigenvalue weighted by Gasteiger charge is -2.41. The third kappa shape index (κ3) is 1.24. The first-order valence-electron chi connectivity index (χ1n) is 6.86. The van der Waals surface area contributed by atoms with Gasteiger partial charge in [-0.2, -0.15) is 0 Å². The van der Waals surface area contributed by atoms with Crippen LogP contribution in [0, 0.1) is 22.7 Å². The van der Waals surface area contributed by atoms with Crippen LogP contribution in [0.15, 0.2) is 12.2 Å². The van der Waals surface area contributed by atoms with Crippen LogP contribution < -0.4 is 0 Å². The maximum atomic E-state index is 11.2. The van der Waals surface area contributed by atoms with Crippen molar-refractivity contribution in [2.75, 3.05) is 0 Å². The summed E-state index contributed by atoms with van der Waals surface area (Å²) >= 11 is 0. The van der Waals surface area contributed by atoms with Gasteiger partial charge in [0.1, 0.15) is 6.10 Å². The molecule has 0 saturated heterocycles. The molecule has 0 aromatic rings. The monoisotopic (exact) mass is 234 g/mol. The Morgan fingerprint density at radius 1 is 1.35 bits per heavy atom. The highest BCUT2D eigenvalue weighted by Gasteiger charge is 2.65. The molecular formula is C15H22O2. The molecule has 0 N–H and O–H groups in total. The van der Waals surface area contributed by atoms with Gasteiger partial charge in [0.15, 0.2) is 0 Å². The van der Waals surface area contributed by atoms with Gasteiger partial charge in [0.25, 0.3) is 0 Å². The lowest BCUT2D eigenvalue weighted by Crippen LogP contribution is -2.41. The number of esters is 1. The average molecular weight is 234 g/mol. The third-order valence-electron chi connectivity index (χ3n) is 5.89. The van der Waals surface area contributed by atoms with Gasteiger partial charge < -0.3 is 4.74 Å². The Bertz CT molecular complexity index is 386. The zero-order valence-electron chi connectivity index (χ0n) is 11.0. The molecule has 3 aliphatic carbocycles. The average Bonchev–Trinajstić information content (AvgIpc) is 2.80. The number of allylic oxidation sites excluding steroid dienone is 1. The van der Waals surface area contributed by atoms with Crippen LogP contribution in [0.5, 0.6) is 0 Å². The largest absolute Gasteiger partial charge is 0.458 e. The van der Waals surface area contributed by atoms with E-state index in [1.165, 1.54) is 32.6 Å². The first-order valence-corrected chi connectivity index (χ1v) is 6.86. The summed E-state index contributed by atoms with van der Waals surface area (Å²) in [6.45, 7) is 6.24. The van der Waals surface area contributed by atoms with Gasteiger partial charge in [-0.1, -0.05) is 19.9 Å². The van der Waals surface area contributed by atoms with Gasteiger partial charge in [0, 0.05) is 17.8 Å². The molecule has 0 aromatic carbocycles. The molecule has 0 unspecified atom stereocenters. The molecule has 2 nitrogen and oxygen atoms in total. The van der Waals surface area contributed by atoms with E-state index in [4.69, 9.17) is 4.74 Å². The van der Waals surface area contributed by atoms with Crippen LogP contribution in [0.1, 0.15) is 46.5 Å². The van der Waals surface area contributed by atoms with E-state index in [2.05, 4.69) is 26.0 Å². The second-order valence-corrected chi connectivity index (χ2v) is 6.51. The van der Waals surface area contributed by atoms with Crippen molar-refractivity contribution in [2.45, 2.75) is 52.6 Å². The molecule has 0 radical (unpaired) electrons. The molecule has 0 aromatic heterocycles. The lowest BCUT2D eigenvalue weighted by molar-refractivity contribution is -0.151. The standard InChI is InChI=1S/C15H22O2/c1-10-4-8-15-9-6-13(17-11(2)16)14(15,3)7-5-12(10)15/h6,9-10,12-13H,4-5,7-8H2,1-3H3/t10-,12+,13+,14+,15-/m1/s1. The van der Waals surface area contributed by atoms with Gasteiger partial charge in [0.05, 0.1) is 0 Å². The van der Waals surface area contributed by atoms with E-state index in [9.17, 15) is 4.79 Å². The lowest BCUT2D eigenvalue weighted by atomic mass is 9.65. The summed E-state index contributed by atoms with van der Waals surface area (Å²) in [5.41, 5.74) is 0.487. The summed E-state index contributed by atoms with van der Waals surface area (Å²) in [5.74, 6) is 1.49. The Morgan fingerprint density at radius 2 is 2.12 bits per heavy atom. The summed E-state index contributed by atoms with van der Waals surface area (Å²) in [5, 5.41) is 0. The van der Waals surface area contributed by atoms with E-state index in [0.29, 0.717) is 5.41 Å². The predicted octanol–water partition coefficient (Wildman–Crippen LogP) is 3.32. The maximum absolute atomic E-state index is 11.2. The first kappa shape index (κ1) is 11.3. The van der Waals surface area contributed by atoms with Crippen LogP contribution in [0.4, 0.5) is 0 Å². The minimum Gasteiger partial charge on any atom is -0.458 e. The topological polar surface area (TPSA) is 26.3 Å². The van der Waals surface area contributed by atoms with Crippen LogP contribution >= 0.6 is 0 Å². The summed E-state index contributed by atoms with van der Waals surface area (Å²) in [4.78, 5) is 11.2. The van der Waals surface area contributed by atoms with Crippen molar-refractivity contribution in [3.05, 3.63) is 12.2 Å². The fraction of sp³-hybridized carbons (Fsp3) is 0.800. The fourth-order valence-corrected chi connectivity index (χ4v) is 4.92. The van der Waals surface area contributed by atoms with Crippen LogP contribution in [0.2, 0.25) is 0 Å². The highest BCUT2D eigenvalue weighted by atomic mass is 16.5. The highest BCUT2D eigenvalue weighted by molar-refractivity contribution is 5.66. The number of carbonyl (C=O) groups excluding carboxylic acids is 1. The minimum absolute atomic E-state index is 0.00954. The van der Waals surface area contributed by atoms with Crippen molar-refractivity contribution >= 4 is 5.97 Å². The van der Waals surface area contributed by atoms with E-state index in [1.54, 1.807) is 0 Å². The number of rotatable bonds is 1. The molecule has 1 spiro atoms. The Balaban J connectivity index is 1.94. The normalized spacial score (nSPS) is 51.4. The van der Waals surface area contributed by atoms with Crippen LogP contribution in [-0.4, -0.2) is 12.1 Å². The molecule has 2 heteroatoms. The van der Waals surface area contributed by atoms with Crippen molar-refractivity contribution in [2.24, 2.45) is 22.7 Å². The van der Waals surface area contributed by atoms with E-state index >= 15 is 0 Å². The van der Waals surface area contributed by atoms with Crippen molar-refractivity contribution in [3.63, 3.8) is 0 Å². The van der Waals surface area contributed by atoms with Gasteiger partial charge in [-0.05, 0) is 43.6 Å². The molecule has 3 aliphatic rings. The van der Waals surface area contributed by atoms with Gasteiger partial charge >= 0.3 is 5.97 Å². The first-order chi connectivity index (χ1) is 7.99.